The molecule has 0 heterocycles. The Hall–Kier alpha value is -4.66. The number of methoxy groups -OCH3 is 1. The van der Waals surface area contributed by atoms with Crippen molar-refractivity contribution in [2.45, 2.75) is 20.3 Å². The molecule has 3 N–H and O–H groups in total. The maximum absolute atomic E-state index is 12.2. The molecule has 36 heavy (non-hydrogen) atoms. The molecule has 3 aromatic rings. The van der Waals surface area contributed by atoms with Crippen LogP contribution in [0.15, 0.2) is 71.8 Å². The molecule has 9 nitrogen and oxygen atoms in total. The summed E-state index contributed by atoms with van der Waals surface area (Å²) in [5.74, 6) is -1.30. The van der Waals surface area contributed by atoms with Gasteiger partial charge < -0.3 is 20.1 Å². The van der Waals surface area contributed by atoms with Gasteiger partial charge in [0.15, 0.2) is 18.1 Å². The number of aryl methyl sites for hydroxylation is 2. The van der Waals surface area contributed by atoms with E-state index in [2.05, 4.69) is 21.2 Å². The molecule has 0 bridgehead atoms. The summed E-state index contributed by atoms with van der Waals surface area (Å²) in [6.45, 7) is 3.76. The van der Waals surface area contributed by atoms with Crippen LogP contribution < -0.4 is 25.5 Å². The fourth-order valence-corrected chi connectivity index (χ4v) is 3.17. The molecule has 3 amide bonds. The van der Waals surface area contributed by atoms with E-state index in [-0.39, 0.29) is 12.5 Å². The van der Waals surface area contributed by atoms with Crippen molar-refractivity contribution in [3.8, 4) is 11.5 Å². The molecule has 0 saturated heterocycles. The van der Waals surface area contributed by atoms with Gasteiger partial charge in [0, 0.05) is 11.4 Å². The molecule has 0 aliphatic rings. The van der Waals surface area contributed by atoms with E-state index in [9.17, 15) is 14.4 Å². The van der Waals surface area contributed by atoms with Gasteiger partial charge in [-0.3, -0.25) is 14.4 Å². The molecule has 0 fully saturated rings. The minimum absolute atomic E-state index is 0.204. The largest absolute Gasteiger partial charge is 0.493 e. The smallest absolute Gasteiger partial charge is 0.329 e. The molecule has 0 saturated carbocycles. The van der Waals surface area contributed by atoms with Gasteiger partial charge in [0.2, 0.25) is 0 Å². The fraction of sp³-hybridized carbons (Fsp3) is 0.185. The summed E-state index contributed by atoms with van der Waals surface area (Å²) in [7, 11) is 1.47. The molecule has 0 spiro atoms. The van der Waals surface area contributed by atoms with Crippen LogP contribution in [0.2, 0.25) is 0 Å². The third-order valence-electron chi connectivity index (χ3n) is 5.05. The van der Waals surface area contributed by atoms with E-state index in [1.165, 1.54) is 13.3 Å². The lowest BCUT2D eigenvalue weighted by atomic mass is 10.1. The summed E-state index contributed by atoms with van der Waals surface area (Å²) in [6.07, 6.45) is 2.24. The summed E-state index contributed by atoms with van der Waals surface area (Å²) in [6, 6.07) is 19.6. The minimum atomic E-state index is -0.905. The summed E-state index contributed by atoms with van der Waals surface area (Å²) < 4.78 is 10.9. The van der Waals surface area contributed by atoms with E-state index in [0.717, 1.165) is 17.5 Å². The lowest BCUT2D eigenvalue weighted by molar-refractivity contribution is -0.136. The van der Waals surface area contributed by atoms with E-state index in [1.54, 1.807) is 36.4 Å². The molecule has 9 heteroatoms. The number of ether oxygens (including phenoxy) is 2. The number of rotatable bonds is 9. The summed E-state index contributed by atoms with van der Waals surface area (Å²) in [5, 5.41) is 9.10. The molecular formula is C27H28N4O5. The topological polar surface area (TPSA) is 118 Å². The molecule has 0 aromatic heterocycles. The second-order valence-corrected chi connectivity index (χ2v) is 7.82. The highest BCUT2D eigenvalue weighted by Crippen LogP contribution is 2.27. The fourth-order valence-electron chi connectivity index (χ4n) is 3.17. The van der Waals surface area contributed by atoms with Gasteiger partial charge in [-0.05, 0) is 72.5 Å². The maximum atomic E-state index is 12.2. The van der Waals surface area contributed by atoms with Crippen LogP contribution >= 0.6 is 0 Å². The Morgan fingerprint density at radius 1 is 0.889 bits per heavy atom. The lowest BCUT2D eigenvalue weighted by Gasteiger charge is -2.11. The van der Waals surface area contributed by atoms with Gasteiger partial charge in [0.1, 0.15) is 0 Å². The number of amides is 3. The Morgan fingerprint density at radius 3 is 2.36 bits per heavy atom. The number of hydrogen-bond donors (Lipinski definition) is 3. The van der Waals surface area contributed by atoms with Crippen LogP contribution in [0.25, 0.3) is 0 Å². The normalized spacial score (nSPS) is 10.5. The molecule has 0 atom stereocenters. The van der Waals surface area contributed by atoms with E-state index in [1.807, 2.05) is 44.2 Å². The van der Waals surface area contributed by atoms with Gasteiger partial charge in [-0.15, -0.1) is 0 Å². The second-order valence-electron chi connectivity index (χ2n) is 7.82. The van der Waals surface area contributed by atoms with Gasteiger partial charge in [0.05, 0.1) is 13.3 Å². The van der Waals surface area contributed by atoms with Gasteiger partial charge in [-0.2, -0.15) is 5.10 Å². The molecular weight excluding hydrogens is 460 g/mol. The van der Waals surface area contributed by atoms with Crippen molar-refractivity contribution in [1.82, 2.24) is 5.43 Å². The molecule has 186 valence electrons. The highest BCUT2D eigenvalue weighted by Gasteiger charge is 2.13. The van der Waals surface area contributed by atoms with Crippen LogP contribution in [-0.4, -0.2) is 37.7 Å². The van der Waals surface area contributed by atoms with Gasteiger partial charge >= 0.3 is 11.8 Å². The minimum Gasteiger partial charge on any atom is -0.493 e. The van der Waals surface area contributed by atoms with Crippen molar-refractivity contribution >= 4 is 35.3 Å². The predicted octanol–water partition coefficient (Wildman–Crippen LogP) is 3.67. The van der Waals surface area contributed by atoms with Crippen LogP contribution in [-0.2, 0) is 20.8 Å². The molecule has 0 radical (unpaired) electrons. The van der Waals surface area contributed by atoms with Crippen LogP contribution in [0.1, 0.15) is 23.6 Å². The second kappa shape index (κ2) is 12.7. The Labute approximate surface area is 209 Å². The number of benzene rings is 3. The number of anilines is 2. The van der Waals surface area contributed by atoms with E-state index < -0.39 is 11.8 Å². The average Bonchev–Trinajstić information content (AvgIpc) is 2.88. The summed E-state index contributed by atoms with van der Waals surface area (Å²) >= 11 is 0. The van der Waals surface area contributed by atoms with Gasteiger partial charge in [-0.25, -0.2) is 5.43 Å². The Morgan fingerprint density at radius 2 is 1.67 bits per heavy atom. The van der Waals surface area contributed by atoms with Crippen molar-refractivity contribution < 1.29 is 23.9 Å². The third-order valence-corrected chi connectivity index (χ3v) is 5.05. The summed E-state index contributed by atoms with van der Waals surface area (Å²) in [4.78, 5) is 36.3. The first-order valence-electron chi connectivity index (χ1n) is 11.3. The first-order chi connectivity index (χ1) is 17.4. The average molecular weight is 489 g/mol. The van der Waals surface area contributed by atoms with Crippen molar-refractivity contribution in [3.63, 3.8) is 0 Å². The van der Waals surface area contributed by atoms with Crippen LogP contribution in [0.5, 0.6) is 11.5 Å². The Bertz CT molecular complexity index is 1260. The summed E-state index contributed by atoms with van der Waals surface area (Å²) in [5.41, 5.74) is 6.13. The van der Waals surface area contributed by atoms with Crippen molar-refractivity contribution in [1.29, 1.82) is 0 Å². The maximum Gasteiger partial charge on any atom is 0.329 e. The van der Waals surface area contributed by atoms with E-state index >= 15 is 0 Å². The van der Waals surface area contributed by atoms with Gasteiger partial charge in [0.25, 0.3) is 5.91 Å². The van der Waals surface area contributed by atoms with E-state index in [0.29, 0.717) is 28.4 Å². The van der Waals surface area contributed by atoms with Gasteiger partial charge in [-0.1, -0.05) is 31.2 Å². The molecule has 3 rings (SSSR count). The van der Waals surface area contributed by atoms with Crippen LogP contribution in [0.4, 0.5) is 11.4 Å². The lowest BCUT2D eigenvalue weighted by Crippen LogP contribution is -2.32. The van der Waals surface area contributed by atoms with Crippen molar-refractivity contribution in [2.24, 2.45) is 5.10 Å². The SMILES string of the molecule is CCc1ccc(NC(=O)C(=O)N/N=C\c2ccc(OCC(=O)Nc3cccc(C)c3)c(OC)c2)cc1. The first kappa shape index (κ1) is 26.0. The molecule has 0 unspecified atom stereocenters. The highest BCUT2D eigenvalue weighted by molar-refractivity contribution is 6.39. The number of hydrogen-bond acceptors (Lipinski definition) is 6. The number of nitrogens with one attached hydrogen (secondary N) is 3. The first-order valence-corrected chi connectivity index (χ1v) is 11.3. The standard InChI is InChI=1S/C27H28N4O5/c1-4-19-8-11-21(12-9-19)30-26(33)27(34)31-28-16-20-10-13-23(24(15-20)35-3)36-17-25(32)29-22-7-5-6-18(2)14-22/h5-16H,4,17H2,1-3H3,(H,29,32)(H,30,33)(H,31,34)/b28-16-. The predicted molar refractivity (Wildman–Crippen MR) is 138 cm³/mol. The van der Waals surface area contributed by atoms with Crippen molar-refractivity contribution in [3.05, 3.63) is 83.4 Å². The zero-order chi connectivity index (χ0) is 25.9. The van der Waals surface area contributed by atoms with Crippen LogP contribution in [0.3, 0.4) is 0 Å². The number of carbonyl (C=O) groups excluding carboxylic acids is 3. The zero-order valence-corrected chi connectivity index (χ0v) is 20.3. The number of carbonyl (C=O) groups is 3. The molecule has 3 aromatic carbocycles. The van der Waals surface area contributed by atoms with Crippen LogP contribution in [0, 0.1) is 6.92 Å². The number of nitrogens with zero attached hydrogens (tertiary/aromatic N) is 1. The Balaban J connectivity index is 1.51. The number of hydrazone groups is 1. The van der Waals surface area contributed by atoms with E-state index in [4.69, 9.17) is 9.47 Å². The molecule has 0 aliphatic heterocycles. The zero-order valence-electron chi connectivity index (χ0n) is 20.3. The third kappa shape index (κ3) is 7.69. The molecule has 0 aliphatic carbocycles. The van der Waals surface area contributed by atoms with Crippen molar-refractivity contribution in [2.75, 3.05) is 24.4 Å². The Kier molecular flexibility index (Phi) is 9.16. The monoisotopic (exact) mass is 488 g/mol. The quantitative estimate of drug-likeness (QED) is 0.241. The highest BCUT2D eigenvalue weighted by atomic mass is 16.5.